The van der Waals surface area contributed by atoms with Crippen LogP contribution in [0.2, 0.25) is 0 Å². The molecule has 0 bridgehead atoms. The molecule has 2 heterocycles. The van der Waals surface area contributed by atoms with Gasteiger partial charge in [0.05, 0.1) is 5.92 Å². The van der Waals surface area contributed by atoms with E-state index in [-0.39, 0.29) is 11.8 Å². The number of carbonyl (C=O) groups is 1. The van der Waals surface area contributed by atoms with Crippen molar-refractivity contribution in [3.8, 4) is 11.4 Å². The molecule has 0 N–H and O–H groups in total. The normalized spacial score (nSPS) is 15.4. The first-order valence-corrected chi connectivity index (χ1v) is 9.54. The molecule has 4 heteroatoms. The molecule has 3 aromatic rings. The number of nitrogens with zero attached hydrogens (tertiary/aromatic N) is 3. The van der Waals surface area contributed by atoms with E-state index in [1.165, 1.54) is 0 Å². The first-order chi connectivity index (χ1) is 13.1. The summed E-state index contributed by atoms with van der Waals surface area (Å²) in [4.78, 5) is 19.3. The molecule has 0 aliphatic carbocycles. The standard InChI is InChI=1S/C23H25N3O/c1-17-13-24-22(21-11-7-4-8-12-21)26(17)16-19-14-25(15-19)23(27)18(2)20-9-5-3-6-10-20/h3-13,18-19H,14-16H2,1-2H3. The summed E-state index contributed by atoms with van der Waals surface area (Å²) in [6.45, 7) is 6.64. The number of imidazole rings is 1. The van der Waals surface area contributed by atoms with Crippen LogP contribution in [0.15, 0.2) is 66.9 Å². The minimum Gasteiger partial charge on any atom is -0.341 e. The predicted octanol–water partition coefficient (Wildman–Crippen LogP) is 4.12. The second-order valence-corrected chi connectivity index (χ2v) is 7.44. The number of hydrogen-bond acceptors (Lipinski definition) is 2. The molecule has 0 radical (unpaired) electrons. The number of hydrogen-bond donors (Lipinski definition) is 0. The van der Waals surface area contributed by atoms with Gasteiger partial charge in [-0.3, -0.25) is 4.79 Å². The Morgan fingerprint density at radius 3 is 2.37 bits per heavy atom. The molecule has 1 atom stereocenters. The fraction of sp³-hybridized carbons (Fsp3) is 0.304. The number of carbonyl (C=O) groups excluding carboxylic acids is 1. The molecule has 1 aliphatic rings. The van der Waals surface area contributed by atoms with Gasteiger partial charge in [0, 0.05) is 43.0 Å². The molecule has 1 fully saturated rings. The molecule has 1 aliphatic heterocycles. The van der Waals surface area contributed by atoms with Gasteiger partial charge < -0.3 is 9.47 Å². The first-order valence-electron chi connectivity index (χ1n) is 9.54. The van der Waals surface area contributed by atoms with Gasteiger partial charge in [0.2, 0.25) is 5.91 Å². The Morgan fingerprint density at radius 2 is 1.70 bits per heavy atom. The van der Waals surface area contributed by atoms with E-state index < -0.39 is 0 Å². The lowest BCUT2D eigenvalue weighted by Crippen LogP contribution is -2.52. The molecule has 4 rings (SSSR count). The van der Waals surface area contributed by atoms with Crippen molar-refractivity contribution in [2.24, 2.45) is 5.92 Å². The maximum atomic E-state index is 12.7. The highest BCUT2D eigenvalue weighted by Gasteiger charge is 2.34. The Bertz CT molecular complexity index is 911. The molecule has 4 nitrogen and oxygen atoms in total. The maximum Gasteiger partial charge on any atom is 0.229 e. The number of rotatable bonds is 5. The summed E-state index contributed by atoms with van der Waals surface area (Å²) in [6.07, 6.45) is 1.93. The summed E-state index contributed by atoms with van der Waals surface area (Å²) in [5.41, 5.74) is 3.38. The summed E-state index contributed by atoms with van der Waals surface area (Å²) in [5.74, 6) is 1.63. The minimum absolute atomic E-state index is 0.0815. The first kappa shape index (κ1) is 17.5. The summed E-state index contributed by atoms with van der Waals surface area (Å²) < 4.78 is 2.28. The van der Waals surface area contributed by atoms with Crippen LogP contribution in [0.4, 0.5) is 0 Å². The Kier molecular flexibility index (Phi) is 4.80. The Hall–Kier alpha value is -2.88. The zero-order valence-corrected chi connectivity index (χ0v) is 15.9. The second kappa shape index (κ2) is 7.39. The van der Waals surface area contributed by atoms with Crippen molar-refractivity contribution >= 4 is 5.91 Å². The molecular weight excluding hydrogens is 334 g/mol. The van der Waals surface area contributed by atoms with Crippen LogP contribution in [0.25, 0.3) is 11.4 Å². The third-order valence-electron chi connectivity index (χ3n) is 5.47. The topological polar surface area (TPSA) is 38.1 Å². The smallest absolute Gasteiger partial charge is 0.229 e. The summed E-state index contributed by atoms with van der Waals surface area (Å²) in [5, 5.41) is 0. The van der Waals surface area contributed by atoms with Crippen LogP contribution >= 0.6 is 0 Å². The van der Waals surface area contributed by atoms with Gasteiger partial charge >= 0.3 is 0 Å². The average molecular weight is 359 g/mol. The summed E-state index contributed by atoms with van der Waals surface area (Å²) in [6, 6.07) is 20.3. The Morgan fingerprint density at radius 1 is 1.07 bits per heavy atom. The van der Waals surface area contributed by atoms with Gasteiger partial charge in [-0.2, -0.15) is 0 Å². The van der Waals surface area contributed by atoms with Gasteiger partial charge in [0.1, 0.15) is 5.82 Å². The van der Waals surface area contributed by atoms with E-state index in [2.05, 4.69) is 28.6 Å². The third-order valence-corrected chi connectivity index (χ3v) is 5.47. The lowest BCUT2D eigenvalue weighted by atomic mass is 9.94. The fourth-order valence-electron chi connectivity index (χ4n) is 3.79. The fourth-order valence-corrected chi connectivity index (χ4v) is 3.79. The van der Waals surface area contributed by atoms with E-state index in [9.17, 15) is 4.79 Å². The number of aryl methyl sites for hydroxylation is 1. The van der Waals surface area contributed by atoms with Gasteiger partial charge in [-0.25, -0.2) is 4.98 Å². The van der Waals surface area contributed by atoms with Crippen molar-refractivity contribution in [3.63, 3.8) is 0 Å². The van der Waals surface area contributed by atoms with Crippen molar-refractivity contribution in [1.82, 2.24) is 14.5 Å². The highest BCUT2D eigenvalue weighted by atomic mass is 16.2. The minimum atomic E-state index is -0.0815. The lowest BCUT2D eigenvalue weighted by molar-refractivity contribution is -0.139. The molecule has 1 aromatic heterocycles. The lowest BCUT2D eigenvalue weighted by Gasteiger charge is -2.41. The van der Waals surface area contributed by atoms with Gasteiger partial charge in [-0.05, 0) is 19.4 Å². The molecule has 1 unspecified atom stereocenters. The van der Waals surface area contributed by atoms with Crippen LogP contribution < -0.4 is 0 Å². The quantitative estimate of drug-likeness (QED) is 0.687. The largest absolute Gasteiger partial charge is 0.341 e. The van der Waals surface area contributed by atoms with Crippen LogP contribution in [0.3, 0.4) is 0 Å². The van der Waals surface area contributed by atoms with E-state index in [4.69, 9.17) is 0 Å². The van der Waals surface area contributed by atoms with E-state index >= 15 is 0 Å². The Balaban J connectivity index is 1.40. The molecule has 27 heavy (non-hydrogen) atoms. The average Bonchev–Trinajstić information content (AvgIpc) is 3.05. The van der Waals surface area contributed by atoms with Crippen LogP contribution in [0.5, 0.6) is 0 Å². The summed E-state index contributed by atoms with van der Waals surface area (Å²) >= 11 is 0. The van der Waals surface area contributed by atoms with Crippen molar-refractivity contribution < 1.29 is 4.79 Å². The molecule has 138 valence electrons. The number of likely N-dealkylation sites (tertiary alicyclic amines) is 1. The van der Waals surface area contributed by atoms with Gasteiger partial charge in [0.15, 0.2) is 0 Å². The molecular formula is C23H25N3O. The van der Waals surface area contributed by atoms with Crippen LogP contribution in [0.1, 0.15) is 24.1 Å². The van der Waals surface area contributed by atoms with E-state index in [0.717, 1.165) is 42.3 Å². The van der Waals surface area contributed by atoms with E-state index in [0.29, 0.717) is 5.92 Å². The highest BCUT2D eigenvalue weighted by molar-refractivity contribution is 5.84. The van der Waals surface area contributed by atoms with Gasteiger partial charge in [-0.1, -0.05) is 60.7 Å². The maximum absolute atomic E-state index is 12.7. The van der Waals surface area contributed by atoms with Crippen molar-refractivity contribution in [2.45, 2.75) is 26.3 Å². The molecule has 1 amide bonds. The van der Waals surface area contributed by atoms with E-state index in [1.807, 2.05) is 66.6 Å². The molecule has 0 spiro atoms. The SMILES string of the molecule is Cc1cnc(-c2ccccc2)n1CC1CN(C(=O)C(C)c2ccccc2)C1. The molecule has 2 aromatic carbocycles. The zero-order valence-electron chi connectivity index (χ0n) is 15.9. The van der Waals surface area contributed by atoms with Crippen molar-refractivity contribution in [1.29, 1.82) is 0 Å². The highest BCUT2D eigenvalue weighted by Crippen LogP contribution is 2.27. The van der Waals surface area contributed by atoms with Crippen LogP contribution in [0, 0.1) is 12.8 Å². The predicted molar refractivity (Wildman–Crippen MR) is 107 cm³/mol. The number of benzene rings is 2. The third kappa shape index (κ3) is 3.52. The van der Waals surface area contributed by atoms with Crippen molar-refractivity contribution in [2.75, 3.05) is 13.1 Å². The molecule has 1 saturated heterocycles. The van der Waals surface area contributed by atoms with Crippen LogP contribution in [-0.4, -0.2) is 33.4 Å². The number of amides is 1. The monoisotopic (exact) mass is 359 g/mol. The summed E-state index contributed by atoms with van der Waals surface area (Å²) in [7, 11) is 0. The Labute approximate surface area is 160 Å². The number of aromatic nitrogens is 2. The van der Waals surface area contributed by atoms with Crippen molar-refractivity contribution in [3.05, 3.63) is 78.1 Å². The van der Waals surface area contributed by atoms with Crippen LogP contribution in [-0.2, 0) is 11.3 Å². The molecule has 0 saturated carbocycles. The second-order valence-electron chi connectivity index (χ2n) is 7.44. The van der Waals surface area contributed by atoms with Gasteiger partial charge in [-0.15, -0.1) is 0 Å². The zero-order chi connectivity index (χ0) is 18.8. The van der Waals surface area contributed by atoms with E-state index in [1.54, 1.807) is 0 Å². The van der Waals surface area contributed by atoms with Gasteiger partial charge in [0.25, 0.3) is 0 Å².